The van der Waals surface area contributed by atoms with Gasteiger partial charge < -0.3 is 2.84 Å². The predicted molar refractivity (Wildman–Crippen MR) is 69.4 cm³/mol. The molecule has 0 aromatic carbocycles. The first-order valence-electron chi connectivity index (χ1n) is 5.35. The second-order valence-electron chi connectivity index (χ2n) is 3.78. The van der Waals surface area contributed by atoms with Crippen LogP contribution in [0.2, 0.25) is 5.79 Å². The predicted octanol–water partition coefficient (Wildman–Crippen LogP) is 2.93. The summed E-state index contributed by atoms with van der Waals surface area (Å²) in [7, 11) is 4.58. The van der Waals surface area contributed by atoms with E-state index in [9.17, 15) is 0 Å². The third-order valence-corrected chi connectivity index (χ3v) is 7.72. The molecule has 0 amide bonds. The van der Waals surface area contributed by atoms with Gasteiger partial charge in [0.2, 0.25) is 0 Å². The molecule has 0 bridgehead atoms. The van der Waals surface area contributed by atoms with E-state index in [1.54, 1.807) is 25.3 Å². The van der Waals surface area contributed by atoms with Crippen LogP contribution in [0.25, 0.3) is 0 Å². The molecule has 1 nitrogen and oxygen atoms in total. The normalized spacial score (nSPS) is 16.4. The van der Waals surface area contributed by atoms with Gasteiger partial charge in [-0.1, -0.05) is 46.7 Å². The summed E-state index contributed by atoms with van der Waals surface area (Å²) in [5.74, 6) is 2.30. The molecule has 82 valence electrons. The van der Waals surface area contributed by atoms with E-state index < -0.39 is 30.0 Å². The second kappa shape index (κ2) is 8.88. The monoisotopic (exact) mass is 302 g/mol. The fourth-order valence-electron chi connectivity index (χ4n) is 1.70. The summed E-state index contributed by atoms with van der Waals surface area (Å²) in [6, 6.07) is 0. The first-order valence-corrected chi connectivity index (χ1v) is 10.8. The fourth-order valence-corrected chi connectivity index (χ4v) is 5.78. The Morgan fingerprint density at radius 2 is 1.94 bits per heavy atom. The second-order valence-corrected chi connectivity index (χ2v) is 8.34. The van der Waals surface area contributed by atoms with Crippen LogP contribution in [0.5, 0.6) is 0 Å². The van der Waals surface area contributed by atoms with Gasteiger partial charge in [-0.25, -0.2) is 0 Å². The Balaban J connectivity index is 0.000000606. The number of halogens is 1. The van der Waals surface area contributed by atoms with Crippen molar-refractivity contribution in [3.05, 3.63) is 45.3 Å². The molecule has 0 N–H and O–H groups in total. The van der Waals surface area contributed by atoms with Gasteiger partial charge in [-0.15, -0.1) is 4.44 Å². The van der Waals surface area contributed by atoms with Crippen molar-refractivity contribution >= 4 is 39.9 Å². The molecule has 0 aliphatic heterocycles. The minimum absolute atomic E-state index is 0.402. The van der Waals surface area contributed by atoms with Crippen molar-refractivity contribution in [2.45, 2.75) is 18.6 Å². The van der Waals surface area contributed by atoms with Crippen molar-refractivity contribution in [3.8, 4) is 0 Å². The molecule has 2 aliphatic carbocycles. The van der Waals surface area contributed by atoms with E-state index in [-0.39, 0.29) is 0 Å². The van der Waals surface area contributed by atoms with Gasteiger partial charge in [0.15, 0.2) is 0 Å². The summed E-state index contributed by atoms with van der Waals surface area (Å²) < 4.78 is 9.18. The summed E-state index contributed by atoms with van der Waals surface area (Å²) >= 11 is 0.364. The van der Waals surface area contributed by atoms with Gasteiger partial charge in [0.25, 0.3) is 0 Å². The molecule has 0 unspecified atom stereocenters. The first-order chi connectivity index (χ1) is 7.86. The molecular weight excluding hydrogens is 288 g/mol. The van der Waals surface area contributed by atoms with Crippen molar-refractivity contribution in [2.24, 2.45) is 0 Å². The molecule has 2 rings (SSSR count). The molecule has 0 aromatic rings. The molecule has 2 aliphatic rings. The van der Waals surface area contributed by atoms with Crippen LogP contribution in [0, 0.1) is 0 Å². The van der Waals surface area contributed by atoms with Crippen LogP contribution < -0.4 is 0 Å². The standard InChI is InChI=1S/2C5H5.CH3.2Al.ClH.O.V.H/c2*1-2-4-5-3-1;;;;;;;/h2*1-3H,4H2;1H3;;;1H;;;/q;;;;;;;+1;/p-1. The molecular formula is C11H14Al2ClOV. The Morgan fingerprint density at radius 3 is 2.50 bits per heavy atom. The molecule has 0 fully saturated rings. The van der Waals surface area contributed by atoms with E-state index in [4.69, 9.17) is 2.84 Å². The number of hydrogen-bond acceptors (Lipinski definition) is 1. The van der Waals surface area contributed by atoms with Crippen molar-refractivity contribution in [2.75, 3.05) is 0 Å². The van der Waals surface area contributed by atoms with Crippen molar-refractivity contribution in [1.82, 2.24) is 0 Å². The van der Waals surface area contributed by atoms with Crippen LogP contribution in [0.1, 0.15) is 12.8 Å². The maximum atomic E-state index is 6.07. The van der Waals surface area contributed by atoms with Crippen LogP contribution in [-0.4, -0.2) is 30.0 Å². The third kappa shape index (κ3) is 5.01. The van der Waals surface area contributed by atoms with Crippen LogP contribution in [-0.2, 0) is 19.3 Å². The summed E-state index contributed by atoms with van der Waals surface area (Å²) in [5, 5.41) is 0. The van der Waals surface area contributed by atoms with Crippen LogP contribution in [0.4, 0.5) is 0 Å². The Hall–Kier alpha value is 0.859. The van der Waals surface area contributed by atoms with Gasteiger partial charge in [0, 0.05) is 0 Å². The van der Waals surface area contributed by atoms with Gasteiger partial charge in [-0.3, -0.25) is 0 Å². The van der Waals surface area contributed by atoms with Gasteiger partial charge >= 0.3 is 56.3 Å². The molecule has 0 atom stereocenters. The van der Waals surface area contributed by atoms with Gasteiger partial charge in [0.05, 0.1) is 0 Å². The van der Waals surface area contributed by atoms with Crippen molar-refractivity contribution in [3.63, 3.8) is 0 Å². The Bertz CT molecular complexity index is 337. The van der Waals surface area contributed by atoms with E-state index in [1.165, 1.54) is 0 Å². The van der Waals surface area contributed by atoms with E-state index >= 15 is 0 Å². The van der Waals surface area contributed by atoms with E-state index in [2.05, 4.69) is 52.1 Å². The molecule has 0 aromatic heterocycles. The molecule has 16 heavy (non-hydrogen) atoms. The summed E-state index contributed by atoms with van der Waals surface area (Å²) in [5.41, 5.74) is 0. The molecule has 0 saturated heterocycles. The number of rotatable bonds is 4. The van der Waals surface area contributed by atoms with Crippen molar-refractivity contribution < 1.29 is 19.3 Å². The van der Waals surface area contributed by atoms with Gasteiger partial charge in [-0.05, 0) is 12.8 Å². The zero-order valence-corrected chi connectivity index (χ0v) is 14.1. The number of hydrogen-bond donors (Lipinski definition) is 0. The van der Waals surface area contributed by atoms with Gasteiger partial charge in [0.1, 0.15) is 0 Å². The Labute approximate surface area is 122 Å². The average molecular weight is 303 g/mol. The molecule has 0 spiro atoms. The zero-order chi connectivity index (χ0) is 11.8. The quantitative estimate of drug-likeness (QED) is 0.726. The molecule has 5 heteroatoms. The van der Waals surface area contributed by atoms with E-state index in [0.717, 1.165) is 12.8 Å². The molecule has 0 heterocycles. The maximum absolute atomic E-state index is 6.07. The Morgan fingerprint density at radius 1 is 1.25 bits per heavy atom. The minimum atomic E-state index is -1.02. The first kappa shape index (κ1) is 14.9. The Kier molecular flexibility index (Phi) is 8.28. The van der Waals surface area contributed by atoms with Gasteiger partial charge in [-0.2, -0.15) is 0 Å². The third-order valence-electron chi connectivity index (χ3n) is 2.69. The summed E-state index contributed by atoms with van der Waals surface area (Å²) in [6.45, 7) is 0. The summed E-state index contributed by atoms with van der Waals surface area (Å²) in [4.78, 5) is 0. The molecule has 0 saturated carbocycles. The van der Waals surface area contributed by atoms with Crippen LogP contribution in [0.3, 0.4) is 0 Å². The topological polar surface area (TPSA) is 9.23 Å². The van der Waals surface area contributed by atoms with Crippen molar-refractivity contribution in [1.29, 1.82) is 0 Å². The van der Waals surface area contributed by atoms with E-state index in [1.807, 2.05) is 0 Å². The zero-order valence-electron chi connectivity index (χ0n) is 9.40. The van der Waals surface area contributed by atoms with Crippen LogP contribution >= 0.6 is 9.85 Å². The SMILES string of the molecule is [CH3][Al]([O][AlH][C]1=CC=CC1)[C]1=CC=CC1.[Cl][V]. The summed E-state index contributed by atoms with van der Waals surface area (Å²) in [6.07, 6.45) is 15.5. The van der Waals surface area contributed by atoms with Crippen LogP contribution in [0.15, 0.2) is 45.3 Å². The molecule has 0 radical (unpaired) electrons. The number of allylic oxidation sites excluding steroid dienone is 8. The van der Waals surface area contributed by atoms with E-state index in [0.29, 0.717) is 0 Å². The fraction of sp³-hybridized carbons (Fsp3) is 0.273. The average Bonchev–Trinajstić information content (AvgIpc) is 3.01.